The average Bonchev–Trinajstić information content (AvgIpc) is 2.55. The van der Waals surface area contributed by atoms with E-state index in [1.54, 1.807) is 13.2 Å². The highest BCUT2D eigenvalue weighted by molar-refractivity contribution is 5.92. The summed E-state index contributed by atoms with van der Waals surface area (Å²) in [6, 6.07) is 16.2. The van der Waals surface area contributed by atoms with Crippen molar-refractivity contribution in [3.8, 4) is 5.75 Å². The van der Waals surface area contributed by atoms with E-state index in [4.69, 9.17) is 4.74 Å². The normalized spacial score (nSPS) is 17.6. The minimum absolute atomic E-state index is 0.0343. The molecule has 3 rings (SSSR count). The third-order valence-electron chi connectivity index (χ3n) is 4.07. The number of benzene rings is 2. The summed E-state index contributed by atoms with van der Waals surface area (Å²) in [5.41, 5.74) is 3.45. The highest BCUT2D eigenvalue weighted by Gasteiger charge is 2.26. The zero-order valence-corrected chi connectivity index (χ0v) is 12.8. The van der Waals surface area contributed by atoms with Crippen LogP contribution in [0.2, 0.25) is 0 Å². The number of hydrogen-bond acceptors (Lipinski definition) is 3. The van der Waals surface area contributed by atoms with Crippen LogP contribution in [0.15, 0.2) is 60.8 Å². The second kappa shape index (κ2) is 6.06. The van der Waals surface area contributed by atoms with E-state index in [9.17, 15) is 4.79 Å². The van der Waals surface area contributed by atoms with Crippen LogP contribution in [0.5, 0.6) is 5.75 Å². The van der Waals surface area contributed by atoms with Gasteiger partial charge in [-0.05, 0) is 48.4 Å². The molecule has 3 heteroatoms. The predicted molar refractivity (Wildman–Crippen MR) is 88.2 cm³/mol. The van der Waals surface area contributed by atoms with Gasteiger partial charge in [0, 0.05) is 18.3 Å². The Labute approximate surface area is 130 Å². The van der Waals surface area contributed by atoms with Crippen molar-refractivity contribution in [1.29, 1.82) is 0 Å². The first-order valence-corrected chi connectivity index (χ1v) is 7.38. The average molecular weight is 293 g/mol. The molecule has 1 atom stereocenters. The van der Waals surface area contributed by atoms with Gasteiger partial charge in [-0.15, -0.1) is 0 Å². The maximum absolute atomic E-state index is 11.9. The summed E-state index contributed by atoms with van der Waals surface area (Å²) in [6.45, 7) is 2.09. The fourth-order valence-electron chi connectivity index (χ4n) is 2.87. The zero-order valence-electron chi connectivity index (χ0n) is 12.8. The van der Waals surface area contributed by atoms with Crippen LogP contribution in [0, 0.1) is 6.92 Å². The van der Waals surface area contributed by atoms with Crippen molar-refractivity contribution in [2.75, 3.05) is 12.0 Å². The summed E-state index contributed by atoms with van der Waals surface area (Å²) >= 11 is 0. The number of rotatable bonds is 3. The van der Waals surface area contributed by atoms with Crippen LogP contribution in [-0.4, -0.2) is 12.9 Å². The Bertz CT molecular complexity index is 704. The molecule has 2 aromatic carbocycles. The molecule has 0 unspecified atom stereocenters. The van der Waals surface area contributed by atoms with Gasteiger partial charge in [0.15, 0.2) is 5.78 Å². The molecular weight excluding hydrogens is 274 g/mol. The first kappa shape index (κ1) is 14.4. The van der Waals surface area contributed by atoms with Crippen LogP contribution in [-0.2, 0) is 4.79 Å². The molecule has 0 saturated carbocycles. The van der Waals surface area contributed by atoms with Gasteiger partial charge in [0.1, 0.15) is 5.75 Å². The maximum atomic E-state index is 11.9. The van der Waals surface area contributed by atoms with E-state index in [0.717, 1.165) is 11.4 Å². The first-order valence-electron chi connectivity index (χ1n) is 7.38. The van der Waals surface area contributed by atoms with Gasteiger partial charge in [-0.2, -0.15) is 0 Å². The number of carbonyl (C=O) groups is 1. The van der Waals surface area contributed by atoms with Gasteiger partial charge in [0.2, 0.25) is 0 Å². The van der Waals surface area contributed by atoms with Crippen LogP contribution >= 0.6 is 0 Å². The third kappa shape index (κ3) is 2.75. The van der Waals surface area contributed by atoms with Crippen LogP contribution in [0.3, 0.4) is 0 Å². The van der Waals surface area contributed by atoms with Crippen LogP contribution < -0.4 is 9.64 Å². The second-order valence-corrected chi connectivity index (χ2v) is 5.46. The van der Waals surface area contributed by atoms with Crippen molar-refractivity contribution in [2.45, 2.75) is 19.4 Å². The lowest BCUT2D eigenvalue weighted by Crippen LogP contribution is -2.29. The molecule has 0 aromatic heterocycles. The van der Waals surface area contributed by atoms with E-state index in [2.05, 4.69) is 24.0 Å². The molecule has 3 nitrogen and oxygen atoms in total. The molecule has 0 saturated heterocycles. The van der Waals surface area contributed by atoms with E-state index >= 15 is 0 Å². The monoisotopic (exact) mass is 293 g/mol. The number of ketones is 1. The van der Waals surface area contributed by atoms with Gasteiger partial charge in [-0.1, -0.05) is 24.3 Å². The Morgan fingerprint density at radius 2 is 1.82 bits per heavy atom. The highest BCUT2D eigenvalue weighted by atomic mass is 16.5. The van der Waals surface area contributed by atoms with Gasteiger partial charge in [-0.25, -0.2) is 0 Å². The molecule has 0 aliphatic carbocycles. The molecule has 0 bridgehead atoms. The minimum Gasteiger partial charge on any atom is -0.497 e. The number of allylic oxidation sites excluding steroid dienone is 1. The van der Waals surface area contributed by atoms with E-state index in [1.807, 2.05) is 42.6 Å². The maximum Gasteiger partial charge on any atom is 0.159 e. The molecule has 0 radical (unpaired) electrons. The lowest BCUT2D eigenvalue weighted by Gasteiger charge is -2.34. The van der Waals surface area contributed by atoms with E-state index in [0.29, 0.717) is 6.42 Å². The number of methoxy groups -OCH3 is 1. The third-order valence-corrected chi connectivity index (χ3v) is 4.07. The zero-order chi connectivity index (χ0) is 15.5. The molecule has 1 heterocycles. The standard InChI is InChI=1S/C19H19NO2/c1-14-5-3-4-6-18(14)19-13-16(21)11-12-20(19)15-7-9-17(22-2)10-8-15/h3-12,19H,13H2,1-2H3/t19-/m1/s1. The smallest absolute Gasteiger partial charge is 0.159 e. The van der Waals surface area contributed by atoms with Gasteiger partial charge < -0.3 is 9.64 Å². The number of ether oxygens (including phenoxy) is 1. The number of hydrogen-bond donors (Lipinski definition) is 0. The van der Waals surface area contributed by atoms with E-state index in [-0.39, 0.29) is 11.8 Å². The number of aryl methyl sites for hydroxylation is 1. The van der Waals surface area contributed by atoms with Crippen LogP contribution in [0.4, 0.5) is 5.69 Å². The summed E-state index contributed by atoms with van der Waals surface area (Å²) in [6.07, 6.45) is 4.02. The van der Waals surface area contributed by atoms with Crippen molar-refractivity contribution < 1.29 is 9.53 Å². The Kier molecular flexibility index (Phi) is 3.96. The number of nitrogens with zero attached hydrogens (tertiary/aromatic N) is 1. The van der Waals surface area contributed by atoms with Gasteiger partial charge in [0.05, 0.1) is 13.2 Å². The molecule has 112 valence electrons. The summed E-state index contributed by atoms with van der Waals surface area (Å²) in [4.78, 5) is 14.1. The van der Waals surface area contributed by atoms with E-state index in [1.165, 1.54) is 11.1 Å². The van der Waals surface area contributed by atoms with Crippen LogP contribution in [0.1, 0.15) is 23.6 Å². The van der Waals surface area contributed by atoms with Crippen molar-refractivity contribution >= 4 is 11.5 Å². The topological polar surface area (TPSA) is 29.5 Å². The molecule has 0 spiro atoms. The molecule has 22 heavy (non-hydrogen) atoms. The quantitative estimate of drug-likeness (QED) is 0.855. The molecular formula is C19H19NO2. The van der Waals surface area contributed by atoms with Gasteiger partial charge in [0.25, 0.3) is 0 Å². The summed E-state index contributed by atoms with van der Waals surface area (Å²) in [7, 11) is 1.66. The van der Waals surface area contributed by atoms with Crippen molar-refractivity contribution in [1.82, 2.24) is 0 Å². The molecule has 0 fully saturated rings. The summed E-state index contributed by atoms with van der Waals surface area (Å²) in [5, 5.41) is 0. The summed E-state index contributed by atoms with van der Waals surface area (Å²) in [5.74, 6) is 0.992. The minimum atomic E-state index is 0.0343. The Morgan fingerprint density at radius 3 is 2.50 bits per heavy atom. The first-order chi connectivity index (χ1) is 10.7. The fourth-order valence-corrected chi connectivity index (χ4v) is 2.87. The van der Waals surface area contributed by atoms with Gasteiger partial charge in [-0.3, -0.25) is 4.79 Å². The summed E-state index contributed by atoms with van der Waals surface area (Å²) < 4.78 is 5.21. The lowest BCUT2D eigenvalue weighted by molar-refractivity contribution is -0.115. The fraction of sp³-hybridized carbons (Fsp3) is 0.211. The molecule has 1 aliphatic rings. The van der Waals surface area contributed by atoms with Gasteiger partial charge >= 0.3 is 0 Å². The van der Waals surface area contributed by atoms with Crippen molar-refractivity contribution in [3.05, 3.63) is 71.9 Å². The van der Waals surface area contributed by atoms with Crippen molar-refractivity contribution in [2.24, 2.45) is 0 Å². The van der Waals surface area contributed by atoms with E-state index < -0.39 is 0 Å². The number of anilines is 1. The SMILES string of the molecule is COc1ccc(N2C=CC(=O)C[C@@H]2c2ccccc2C)cc1. The van der Waals surface area contributed by atoms with Crippen molar-refractivity contribution in [3.63, 3.8) is 0 Å². The molecule has 0 N–H and O–H groups in total. The Balaban J connectivity index is 2.00. The largest absolute Gasteiger partial charge is 0.497 e. The highest BCUT2D eigenvalue weighted by Crippen LogP contribution is 2.35. The Hall–Kier alpha value is -2.55. The number of carbonyl (C=O) groups excluding carboxylic acids is 1. The second-order valence-electron chi connectivity index (χ2n) is 5.46. The van der Waals surface area contributed by atoms with Crippen LogP contribution in [0.25, 0.3) is 0 Å². The lowest BCUT2D eigenvalue weighted by atomic mass is 9.93. The molecule has 2 aromatic rings. The molecule has 0 amide bonds. The predicted octanol–water partition coefficient (Wildman–Crippen LogP) is 4.04. The Morgan fingerprint density at radius 1 is 1.09 bits per heavy atom. The molecule has 1 aliphatic heterocycles.